The highest BCUT2D eigenvalue weighted by molar-refractivity contribution is 5.69. The van der Waals surface area contributed by atoms with Gasteiger partial charge in [-0.15, -0.1) is 0 Å². The second kappa shape index (κ2) is 8.68. The minimum atomic E-state index is -0.199. The van der Waals surface area contributed by atoms with E-state index in [2.05, 4.69) is 79.8 Å². The average molecular weight is 324 g/mol. The van der Waals surface area contributed by atoms with Crippen molar-refractivity contribution in [1.82, 2.24) is 0 Å². The summed E-state index contributed by atoms with van der Waals surface area (Å²) in [5.41, 5.74) is -0.268. The van der Waals surface area contributed by atoms with Gasteiger partial charge in [0.1, 0.15) is 0 Å². The van der Waals surface area contributed by atoms with Crippen molar-refractivity contribution in [3.63, 3.8) is 0 Å². The topological polar surface area (TPSA) is 26.3 Å². The summed E-state index contributed by atoms with van der Waals surface area (Å²) >= 11 is 0. The molecule has 0 fully saturated rings. The first-order valence-corrected chi connectivity index (χ1v) is 8.91. The summed E-state index contributed by atoms with van der Waals surface area (Å²) in [5, 5.41) is 0. The number of hydrogen-bond acceptors (Lipinski definition) is 2. The molecule has 0 saturated heterocycles. The number of carbonyl (C=O) groups is 1. The normalized spacial score (nSPS) is 20.4. The first kappa shape index (κ1) is 18.3. The predicted octanol–water partition coefficient (Wildman–Crippen LogP) is 5.47. The summed E-state index contributed by atoms with van der Waals surface area (Å²) in [6.45, 7) is 4.42. The first-order valence-electron chi connectivity index (χ1n) is 8.91. The van der Waals surface area contributed by atoms with Gasteiger partial charge in [0.05, 0.1) is 6.61 Å². The largest absolute Gasteiger partial charge is 0.466 e. The number of rotatable bonds is 7. The van der Waals surface area contributed by atoms with Gasteiger partial charge >= 0.3 is 5.97 Å². The van der Waals surface area contributed by atoms with Crippen molar-refractivity contribution in [2.75, 3.05) is 6.61 Å². The minimum absolute atomic E-state index is 0.0689. The third kappa shape index (κ3) is 4.95. The number of hydrogen-bond donors (Lipinski definition) is 0. The Morgan fingerprint density at radius 3 is 2.29 bits per heavy atom. The zero-order chi connectivity index (χ0) is 17.3. The highest BCUT2D eigenvalue weighted by atomic mass is 16.5. The Hall–Kier alpha value is -2.09. The lowest BCUT2D eigenvalue weighted by atomic mass is 9.73. The maximum absolute atomic E-state index is 11.4. The molecule has 0 bridgehead atoms. The molecule has 2 aliphatic carbocycles. The van der Waals surface area contributed by atoms with Gasteiger partial charge in [-0.05, 0) is 26.2 Å². The van der Waals surface area contributed by atoms with Gasteiger partial charge in [0.25, 0.3) is 0 Å². The highest BCUT2D eigenvalue weighted by Gasteiger charge is 2.27. The van der Waals surface area contributed by atoms with Crippen LogP contribution in [-0.2, 0) is 9.53 Å². The van der Waals surface area contributed by atoms with E-state index < -0.39 is 0 Å². The minimum Gasteiger partial charge on any atom is -0.466 e. The van der Waals surface area contributed by atoms with Crippen molar-refractivity contribution in [3.8, 4) is 0 Å². The predicted molar refractivity (Wildman–Crippen MR) is 100 cm³/mol. The van der Waals surface area contributed by atoms with Crippen molar-refractivity contribution < 1.29 is 9.53 Å². The molecule has 2 nitrogen and oxygen atoms in total. The highest BCUT2D eigenvalue weighted by Crippen LogP contribution is 2.39. The third-order valence-electron chi connectivity index (χ3n) is 4.28. The number of allylic oxidation sites excluding steroid dienone is 12. The van der Waals surface area contributed by atoms with E-state index in [-0.39, 0.29) is 16.8 Å². The quantitative estimate of drug-likeness (QED) is 0.459. The van der Waals surface area contributed by atoms with Crippen LogP contribution in [0.3, 0.4) is 0 Å². The molecule has 0 aromatic heterocycles. The van der Waals surface area contributed by atoms with E-state index in [0.29, 0.717) is 19.4 Å². The van der Waals surface area contributed by atoms with Crippen LogP contribution in [0, 0.1) is 10.8 Å². The smallest absolute Gasteiger partial charge is 0.306 e. The van der Waals surface area contributed by atoms with Crippen molar-refractivity contribution in [2.45, 2.75) is 39.5 Å². The molecule has 24 heavy (non-hydrogen) atoms. The van der Waals surface area contributed by atoms with Crippen molar-refractivity contribution >= 4 is 5.97 Å². The Morgan fingerprint density at radius 2 is 1.67 bits per heavy atom. The number of carbonyl (C=O) groups excluding carboxylic acids is 1. The maximum atomic E-state index is 11.4. The molecule has 2 rings (SSSR count). The van der Waals surface area contributed by atoms with E-state index in [0.717, 1.165) is 12.8 Å². The average Bonchev–Trinajstić information content (AvgIpc) is 2.61. The standard InChI is InChI=1S/C22H28O2/c1-3-5-12-21(15-10-7-11-20(23)24-4-2)16-18-22(19-17-21)13-8-6-9-14-22/h5,8-10,12-19H,3-4,6-7,11H2,1-2H3/b12-5-,15-10-. The van der Waals surface area contributed by atoms with E-state index in [4.69, 9.17) is 4.74 Å². The molecule has 128 valence electrons. The summed E-state index contributed by atoms with van der Waals surface area (Å²) < 4.78 is 4.97. The van der Waals surface area contributed by atoms with E-state index in [1.165, 1.54) is 0 Å². The molecule has 0 unspecified atom stereocenters. The molecule has 0 heterocycles. The van der Waals surface area contributed by atoms with Crippen LogP contribution in [0.15, 0.2) is 72.9 Å². The van der Waals surface area contributed by atoms with Gasteiger partial charge < -0.3 is 4.74 Å². The van der Waals surface area contributed by atoms with Gasteiger partial charge in [0.2, 0.25) is 0 Å². The summed E-state index contributed by atoms with van der Waals surface area (Å²) in [7, 11) is 0. The fourth-order valence-electron chi connectivity index (χ4n) is 2.91. The SMILES string of the molecule is CC/C=C\C1(/C=C\CCC(=O)OCC)C=CC2(C=CCC=C2)C=C1. The van der Waals surface area contributed by atoms with Crippen molar-refractivity contribution in [3.05, 3.63) is 72.9 Å². The molecule has 1 spiro atoms. The summed E-state index contributed by atoms with van der Waals surface area (Å²) in [6, 6.07) is 0. The molecular formula is C22H28O2. The Labute approximate surface area is 146 Å². The van der Waals surface area contributed by atoms with E-state index >= 15 is 0 Å². The Kier molecular flexibility index (Phi) is 6.60. The molecular weight excluding hydrogens is 296 g/mol. The zero-order valence-electron chi connectivity index (χ0n) is 14.8. The zero-order valence-corrected chi connectivity index (χ0v) is 14.8. The van der Waals surface area contributed by atoms with Gasteiger partial charge in [-0.3, -0.25) is 4.79 Å². The van der Waals surface area contributed by atoms with Crippen molar-refractivity contribution in [2.24, 2.45) is 10.8 Å². The lowest BCUT2D eigenvalue weighted by Gasteiger charge is -2.31. The second-order valence-electron chi connectivity index (χ2n) is 6.26. The summed E-state index contributed by atoms with van der Waals surface area (Å²) in [5.74, 6) is -0.133. The van der Waals surface area contributed by atoms with Gasteiger partial charge in [0.15, 0.2) is 0 Å². The van der Waals surface area contributed by atoms with Crippen LogP contribution in [0.2, 0.25) is 0 Å². The fourth-order valence-corrected chi connectivity index (χ4v) is 2.91. The monoisotopic (exact) mass is 324 g/mol. The Bertz CT molecular complexity index is 571. The van der Waals surface area contributed by atoms with Crippen LogP contribution in [-0.4, -0.2) is 12.6 Å². The van der Waals surface area contributed by atoms with E-state index in [9.17, 15) is 4.79 Å². The van der Waals surface area contributed by atoms with Gasteiger partial charge in [-0.25, -0.2) is 0 Å². The fraction of sp³-hybridized carbons (Fsp3) is 0.409. The summed E-state index contributed by atoms with van der Waals surface area (Å²) in [4.78, 5) is 11.4. The van der Waals surface area contributed by atoms with Crippen LogP contribution in [0.5, 0.6) is 0 Å². The number of esters is 1. The molecule has 2 aliphatic rings. The van der Waals surface area contributed by atoms with Crippen LogP contribution in [0.1, 0.15) is 39.5 Å². The molecule has 0 amide bonds. The number of ether oxygens (including phenoxy) is 1. The molecule has 0 radical (unpaired) electrons. The summed E-state index contributed by atoms with van der Waals surface area (Å²) in [6.07, 6.45) is 29.7. The van der Waals surface area contributed by atoms with E-state index in [1.807, 2.05) is 6.92 Å². The van der Waals surface area contributed by atoms with Gasteiger partial charge in [-0.2, -0.15) is 0 Å². The lowest BCUT2D eigenvalue weighted by Crippen LogP contribution is -2.19. The molecule has 0 atom stereocenters. The lowest BCUT2D eigenvalue weighted by molar-refractivity contribution is -0.143. The Morgan fingerprint density at radius 1 is 1.00 bits per heavy atom. The van der Waals surface area contributed by atoms with Crippen LogP contribution in [0.25, 0.3) is 0 Å². The van der Waals surface area contributed by atoms with E-state index in [1.54, 1.807) is 0 Å². The first-order chi connectivity index (χ1) is 11.6. The molecule has 0 aromatic rings. The van der Waals surface area contributed by atoms with Crippen LogP contribution < -0.4 is 0 Å². The third-order valence-corrected chi connectivity index (χ3v) is 4.28. The molecule has 0 saturated carbocycles. The van der Waals surface area contributed by atoms with Crippen molar-refractivity contribution in [1.29, 1.82) is 0 Å². The molecule has 0 N–H and O–H groups in total. The van der Waals surface area contributed by atoms with Crippen LogP contribution >= 0.6 is 0 Å². The molecule has 2 heteroatoms. The molecule has 0 aromatic carbocycles. The molecule has 0 aliphatic heterocycles. The Balaban J connectivity index is 2.07. The van der Waals surface area contributed by atoms with Gasteiger partial charge in [-0.1, -0.05) is 79.8 Å². The second-order valence-corrected chi connectivity index (χ2v) is 6.26. The van der Waals surface area contributed by atoms with Gasteiger partial charge in [0, 0.05) is 17.3 Å². The maximum Gasteiger partial charge on any atom is 0.306 e. The van der Waals surface area contributed by atoms with Crippen LogP contribution in [0.4, 0.5) is 0 Å².